The number of amides is 1. The molecule has 112 valence electrons. The highest BCUT2D eigenvalue weighted by atomic mass is 35.5. The van der Waals surface area contributed by atoms with E-state index in [9.17, 15) is 4.79 Å². The Morgan fingerprint density at radius 1 is 1.60 bits per heavy atom. The number of ether oxygens (including phenoxy) is 1. The lowest BCUT2D eigenvalue weighted by Crippen LogP contribution is -2.41. The number of rotatable bonds is 8. The highest BCUT2D eigenvalue weighted by Gasteiger charge is 2.12. The zero-order chi connectivity index (χ0) is 15.0. The van der Waals surface area contributed by atoms with Crippen molar-refractivity contribution in [3.05, 3.63) is 11.5 Å². The molecule has 0 aliphatic heterocycles. The van der Waals surface area contributed by atoms with E-state index >= 15 is 0 Å². The van der Waals surface area contributed by atoms with E-state index in [2.05, 4.69) is 20.6 Å². The molecule has 0 aliphatic rings. The summed E-state index contributed by atoms with van der Waals surface area (Å²) in [4.78, 5) is 19.3. The van der Waals surface area contributed by atoms with Crippen LogP contribution in [0.3, 0.4) is 0 Å². The number of aromatic nitrogens is 2. The smallest absolute Gasteiger partial charge is 0.239 e. The van der Waals surface area contributed by atoms with Crippen LogP contribution in [-0.2, 0) is 9.53 Å². The van der Waals surface area contributed by atoms with Gasteiger partial charge in [-0.25, -0.2) is 9.97 Å². The number of halogens is 1. The largest absolute Gasteiger partial charge is 0.394 e. The molecule has 0 aromatic carbocycles. The van der Waals surface area contributed by atoms with Crippen molar-refractivity contribution in [1.29, 1.82) is 0 Å². The molecule has 1 aromatic heterocycles. The van der Waals surface area contributed by atoms with Crippen LogP contribution in [-0.4, -0.2) is 53.9 Å². The van der Waals surface area contributed by atoms with E-state index in [0.29, 0.717) is 13.0 Å². The highest BCUT2D eigenvalue weighted by Crippen LogP contribution is 2.21. The number of nitrogens with one attached hydrogen (secondary N) is 2. The van der Waals surface area contributed by atoms with E-state index in [1.54, 1.807) is 7.11 Å². The topological polar surface area (TPSA) is 122 Å². The van der Waals surface area contributed by atoms with Crippen molar-refractivity contribution in [2.75, 3.05) is 37.9 Å². The van der Waals surface area contributed by atoms with Crippen molar-refractivity contribution in [2.45, 2.75) is 12.5 Å². The van der Waals surface area contributed by atoms with Gasteiger partial charge in [-0.05, 0) is 6.42 Å². The molecule has 1 rings (SSSR count). The van der Waals surface area contributed by atoms with Gasteiger partial charge in [0, 0.05) is 13.7 Å². The van der Waals surface area contributed by atoms with Crippen LogP contribution in [0, 0.1) is 0 Å². The number of aliphatic hydroxyl groups excluding tert-OH is 1. The number of aliphatic hydroxyl groups is 1. The number of nitrogens with two attached hydrogens (primary N) is 1. The van der Waals surface area contributed by atoms with Crippen molar-refractivity contribution in [2.24, 2.45) is 0 Å². The molecule has 1 atom stereocenters. The molecule has 9 heteroatoms. The van der Waals surface area contributed by atoms with Crippen LogP contribution in [0.4, 0.5) is 11.5 Å². The zero-order valence-electron chi connectivity index (χ0n) is 11.1. The Morgan fingerprint density at radius 2 is 2.35 bits per heavy atom. The van der Waals surface area contributed by atoms with Crippen molar-refractivity contribution >= 4 is 29.0 Å². The van der Waals surface area contributed by atoms with Crippen LogP contribution in [0.1, 0.15) is 6.42 Å². The summed E-state index contributed by atoms with van der Waals surface area (Å²) in [5.41, 5.74) is 5.83. The van der Waals surface area contributed by atoms with Gasteiger partial charge >= 0.3 is 0 Å². The van der Waals surface area contributed by atoms with Crippen LogP contribution in [0.15, 0.2) is 6.33 Å². The zero-order valence-corrected chi connectivity index (χ0v) is 11.9. The van der Waals surface area contributed by atoms with Crippen molar-refractivity contribution in [3.8, 4) is 0 Å². The molecule has 1 heterocycles. The number of hydrogen-bond acceptors (Lipinski definition) is 7. The van der Waals surface area contributed by atoms with Gasteiger partial charge in [0.1, 0.15) is 12.0 Å². The van der Waals surface area contributed by atoms with Crippen LogP contribution in [0.2, 0.25) is 5.15 Å². The maximum absolute atomic E-state index is 11.7. The van der Waals surface area contributed by atoms with Gasteiger partial charge < -0.3 is 26.2 Å². The minimum atomic E-state index is -0.351. The predicted molar refractivity (Wildman–Crippen MR) is 75.5 cm³/mol. The summed E-state index contributed by atoms with van der Waals surface area (Å²) in [5, 5.41) is 14.7. The molecule has 0 aliphatic carbocycles. The molecule has 0 fully saturated rings. The third-order valence-electron chi connectivity index (χ3n) is 2.51. The molecule has 8 nitrogen and oxygen atoms in total. The average Bonchev–Trinajstić information content (AvgIpc) is 2.45. The van der Waals surface area contributed by atoms with E-state index in [1.165, 1.54) is 6.33 Å². The quantitative estimate of drug-likeness (QED) is 0.484. The molecule has 1 amide bonds. The Bertz CT molecular complexity index is 446. The van der Waals surface area contributed by atoms with Gasteiger partial charge in [-0.15, -0.1) is 0 Å². The van der Waals surface area contributed by atoms with Gasteiger partial charge in [0.15, 0.2) is 11.0 Å². The molecule has 0 saturated heterocycles. The second kappa shape index (κ2) is 8.51. The number of nitrogens with zero attached hydrogens (tertiary/aromatic N) is 2. The molecular weight excluding hydrogens is 286 g/mol. The van der Waals surface area contributed by atoms with Crippen LogP contribution < -0.4 is 16.4 Å². The Morgan fingerprint density at radius 3 is 3.00 bits per heavy atom. The van der Waals surface area contributed by atoms with Gasteiger partial charge in [0.25, 0.3) is 0 Å². The maximum atomic E-state index is 11.7. The third-order valence-corrected chi connectivity index (χ3v) is 2.81. The number of nitrogen functional groups attached to an aromatic ring is 1. The Labute approximate surface area is 121 Å². The first-order valence-corrected chi connectivity index (χ1v) is 6.35. The minimum Gasteiger partial charge on any atom is -0.394 e. The molecule has 0 bridgehead atoms. The van der Waals surface area contributed by atoms with Gasteiger partial charge in [-0.1, -0.05) is 11.6 Å². The van der Waals surface area contributed by atoms with Crippen molar-refractivity contribution in [3.63, 3.8) is 0 Å². The van der Waals surface area contributed by atoms with E-state index in [-0.39, 0.29) is 41.8 Å². The molecule has 0 spiro atoms. The van der Waals surface area contributed by atoms with Gasteiger partial charge in [0.2, 0.25) is 5.91 Å². The summed E-state index contributed by atoms with van der Waals surface area (Å²) in [6.45, 7) is 0.255. The molecule has 0 radical (unpaired) electrons. The Balaban J connectivity index is 2.44. The standard InChI is InChI=1S/C11H18ClN5O3/c1-20-3-2-7(5-18)17-8(19)4-14-11-9(13)10(12)15-6-16-11/h6-7,18H,2-5,13H2,1H3,(H,17,19)(H,14,15,16). The Hall–Kier alpha value is -1.64. The molecule has 1 aromatic rings. The number of methoxy groups -OCH3 is 1. The molecule has 5 N–H and O–H groups in total. The van der Waals surface area contributed by atoms with Gasteiger partial charge in [-0.3, -0.25) is 4.79 Å². The first-order chi connectivity index (χ1) is 9.58. The number of carbonyl (C=O) groups excluding carboxylic acids is 1. The number of hydrogen-bond donors (Lipinski definition) is 4. The Kier molecular flexibility index (Phi) is 6.99. The highest BCUT2D eigenvalue weighted by molar-refractivity contribution is 6.32. The van der Waals surface area contributed by atoms with E-state index in [4.69, 9.17) is 27.2 Å². The third kappa shape index (κ3) is 5.16. The molecule has 20 heavy (non-hydrogen) atoms. The minimum absolute atomic E-state index is 0.0407. The molecule has 1 unspecified atom stereocenters. The van der Waals surface area contributed by atoms with Crippen LogP contribution >= 0.6 is 11.6 Å². The van der Waals surface area contributed by atoms with E-state index < -0.39 is 0 Å². The lowest BCUT2D eigenvalue weighted by Gasteiger charge is -2.16. The number of carbonyl (C=O) groups is 1. The SMILES string of the molecule is COCCC(CO)NC(=O)CNc1ncnc(Cl)c1N. The summed E-state index contributed by atoms with van der Waals surface area (Å²) in [6.07, 6.45) is 1.77. The summed E-state index contributed by atoms with van der Waals surface area (Å²) in [5.74, 6) is -0.00752. The second-order valence-corrected chi connectivity index (χ2v) is 4.37. The predicted octanol–water partition coefficient (Wildman–Crippen LogP) is -0.362. The fourth-order valence-electron chi connectivity index (χ4n) is 1.43. The lowest BCUT2D eigenvalue weighted by molar-refractivity contribution is -0.120. The summed E-state index contributed by atoms with van der Waals surface area (Å²) in [6, 6.07) is -0.351. The monoisotopic (exact) mass is 303 g/mol. The maximum Gasteiger partial charge on any atom is 0.239 e. The average molecular weight is 304 g/mol. The second-order valence-electron chi connectivity index (χ2n) is 4.01. The first-order valence-electron chi connectivity index (χ1n) is 5.97. The van der Waals surface area contributed by atoms with Crippen molar-refractivity contribution < 1.29 is 14.6 Å². The fourth-order valence-corrected chi connectivity index (χ4v) is 1.56. The van der Waals surface area contributed by atoms with Crippen molar-refractivity contribution in [1.82, 2.24) is 15.3 Å². The van der Waals surface area contributed by atoms with Crippen LogP contribution in [0.5, 0.6) is 0 Å². The molecular formula is C11H18ClN5O3. The number of anilines is 2. The summed E-state index contributed by atoms with van der Waals surface area (Å²) < 4.78 is 4.89. The summed E-state index contributed by atoms with van der Waals surface area (Å²) >= 11 is 5.73. The van der Waals surface area contributed by atoms with Crippen LogP contribution in [0.25, 0.3) is 0 Å². The van der Waals surface area contributed by atoms with E-state index in [1.807, 2.05) is 0 Å². The first kappa shape index (κ1) is 16.4. The summed E-state index contributed by atoms with van der Waals surface area (Å²) in [7, 11) is 1.55. The fraction of sp³-hybridized carbons (Fsp3) is 0.545. The van der Waals surface area contributed by atoms with Gasteiger partial charge in [0.05, 0.1) is 19.2 Å². The normalized spacial score (nSPS) is 11.9. The van der Waals surface area contributed by atoms with E-state index in [0.717, 1.165) is 0 Å². The van der Waals surface area contributed by atoms with Gasteiger partial charge in [-0.2, -0.15) is 0 Å². The lowest BCUT2D eigenvalue weighted by atomic mass is 10.2. The molecule has 0 saturated carbocycles.